The number of rotatable bonds is 2. The van der Waals surface area contributed by atoms with E-state index in [-0.39, 0.29) is 11.7 Å². The van der Waals surface area contributed by atoms with Crippen molar-refractivity contribution in [3.05, 3.63) is 63.0 Å². The maximum Gasteiger partial charge on any atom is 0.277 e. The number of pyridine rings is 1. The van der Waals surface area contributed by atoms with Crippen LogP contribution in [0.15, 0.2) is 34.9 Å². The van der Waals surface area contributed by atoms with Crippen LogP contribution in [-0.4, -0.2) is 27.6 Å². The number of imidazole rings is 1. The fourth-order valence-electron chi connectivity index (χ4n) is 3.60. The Balaban J connectivity index is 1.81. The van der Waals surface area contributed by atoms with Crippen molar-refractivity contribution in [2.24, 2.45) is 0 Å². The van der Waals surface area contributed by atoms with Gasteiger partial charge in [0.2, 0.25) is 0 Å². The number of halogens is 1. The molecule has 1 amide bonds. The van der Waals surface area contributed by atoms with Crippen molar-refractivity contribution in [2.75, 3.05) is 11.4 Å². The first-order valence-electron chi connectivity index (χ1n) is 8.47. The van der Waals surface area contributed by atoms with E-state index in [2.05, 4.69) is 20.9 Å². The molecule has 26 heavy (non-hydrogen) atoms. The summed E-state index contributed by atoms with van der Waals surface area (Å²) in [5.74, 6) is -0.0302. The summed E-state index contributed by atoms with van der Waals surface area (Å²) >= 11 is 3.50. The van der Waals surface area contributed by atoms with E-state index in [1.165, 1.54) is 0 Å². The summed E-state index contributed by atoms with van der Waals surface area (Å²) < 4.78 is 2.76. The maximum absolute atomic E-state index is 13.3. The molecule has 1 aliphatic heterocycles. The number of amides is 1. The van der Waals surface area contributed by atoms with E-state index >= 15 is 0 Å². The summed E-state index contributed by atoms with van der Waals surface area (Å²) in [7, 11) is 0. The molecule has 0 saturated heterocycles. The SMILES string of the molecule is CC(=O)c1ccc2c(c1)CCN2C(=O)c1c(C)nc2c(C)cc(Br)cn12. The second kappa shape index (κ2) is 6.06. The summed E-state index contributed by atoms with van der Waals surface area (Å²) in [4.78, 5) is 31.3. The predicted molar refractivity (Wildman–Crippen MR) is 104 cm³/mol. The van der Waals surface area contributed by atoms with Crippen molar-refractivity contribution >= 4 is 39.0 Å². The molecule has 0 bridgehead atoms. The van der Waals surface area contributed by atoms with Gasteiger partial charge in [0.1, 0.15) is 11.3 Å². The first-order chi connectivity index (χ1) is 12.4. The maximum atomic E-state index is 13.3. The Labute approximate surface area is 159 Å². The summed E-state index contributed by atoms with van der Waals surface area (Å²) in [6.07, 6.45) is 2.63. The van der Waals surface area contributed by atoms with Crippen molar-refractivity contribution in [3.8, 4) is 0 Å². The first-order valence-corrected chi connectivity index (χ1v) is 9.26. The van der Waals surface area contributed by atoms with Gasteiger partial charge >= 0.3 is 0 Å². The van der Waals surface area contributed by atoms with Gasteiger partial charge in [-0.05, 0) is 78.5 Å². The van der Waals surface area contributed by atoms with Crippen LogP contribution in [0.2, 0.25) is 0 Å². The van der Waals surface area contributed by atoms with Gasteiger partial charge in [0.15, 0.2) is 5.78 Å². The topological polar surface area (TPSA) is 54.7 Å². The third kappa shape index (κ3) is 2.56. The van der Waals surface area contributed by atoms with Gasteiger partial charge in [-0.3, -0.25) is 14.0 Å². The number of Topliss-reactive ketones (excluding diaryl/α,β-unsaturated/α-hetero) is 1. The molecular weight excluding hydrogens is 394 g/mol. The van der Waals surface area contributed by atoms with E-state index < -0.39 is 0 Å². The Bertz CT molecular complexity index is 1080. The molecule has 5 nitrogen and oxygen atoms in total. The number of nitrogens with zero attached hydrogens (tertiary/aromatic N) is 3. The van der Waals surface area contributed by atoms with Crippen LogP contribution < -0.4 is 4.90 Å². The zero-order valence-electron chi connectivity index (χ0n) is 14.8. The van der Waals surface area contributed by atoms with E-state index in [4.69, 9.17) is 0 Å². The number of fused-ring (bicyclic) bond motifs is 2. The van der Waals surface area contributed by atoms with Crippen molar-refractivity contribution in [3.63, 3.8) is 0 Å². The molecular formula is C20H18BrN3O2. The second-order valence-corrected chi connectivity index (χ2v) is 7.60. The average molecular weight is 412 g/mol. The van der Waals surface area contributed by atoms with Crippen molar-refractivity contribution in [2.45, 2.75) is 27.2 Å². The lowest BCUT2D eigenvalue weighted by Crippen LogP contribution is -2.30. The van der Waals surface area contributed by atoms with E-state index in [0.29, 0.717) is 23.5 Å². The van der Waals surface area contributed by atoms with Gasteiger partial charge in [0, 0.05) is 28.5 Å². The second-order valence-electron chi connectivity index (χ2n) is 6.69. The molecule has 3 heterocycles. The summed E-state index contributed by atoms with van der Waals surface area (Å²) in [5.41, 5.74) is 5.69. The molecule has 0 fully saturated rings. The molecule has 0 unspecified atom stereocenters. The minimum absolute atomic E-state index is 0.0375. The molecule has 0 N–H and O–H groups in total. The standard InChI is InChI=1S/C20H18BrN3O2/c1-11-8-16(21)10-24-18(12(2)22-19(11)24)20(26)23-7-6-15-9-14(13(3)25)4-5-17(15)23/h4-5,8-10H,6-7H2,1-3H3. The van der Waals surface area contributed by atoms with Crippen LogP contribution in [0.1, 0.15) is 44.6 Å². The molecule has 6 heteroatoms. The third-order valence-electron chi connectivity index (χ3n) is 4.87. The number of carbonyl (C=O) groups excluding carboxylic acids is 2. The molecule has 0 atom stereocenters. The lowest BCUT2D eigenvalue weighted by atomic mass is 10.1. The fourth-order valence-corrected chi connectivity index (χ4v) is 4.15. The van der Waals surface area contributed by atoms with Crippen LogP contribution in [-0.2, 0) is 6.42 Å². The Morgan fingerprint density at radius 1 is 1.19 bits per heavy atom. The highest BCUT2D eigenvalue weighted by Crippen LogP contribution is 2.31. The average Bonchev–Trinajstić information content (AvgIpc) is 3.14. The smallest absolute Gasteiger partial charge is 0.277 e. The quantitative estimate of drug-likeness (QED) is 0.595. The molecule has 0 radical (unpaired) electrons. The monoisotopic (exact) mass is 411 g/mol. The predicted octanol–water partition coefficient (Wildman–Crippen LogP) is 4.12. The minimum Gasteiger partial charge on any atom is -0.306 e. The van der Waals surface area contributed by atoms with Gasteiger partial charge in [0.25, 0.3) is 5.91 Å². The molecule has 3 aromatic rings. The lowest BCUT2D eigenvalue weighted by molar-refractivity contribution is 0.0981. The Kier molecular flexibility index (Phi) is 3.95. The summed E-state index contributed by atoms with van der Waals surface area (Å²) in [6.45, 7) is 6.01. The molecule has 2 aromatic heterocycles. The van der Waals surface area contributed by atoms with Crippen LogP contribution in [0.4, 0.5) is 5.69 Å². The fraction of sp³-hybridized carbons (Fsp3) is 0.250. The van der Waals surface area contributed by atoms with E-state index in [1.807, 2.05) is 42.6 Å². The largest absolute Gasteiger partial charge is 0.306 e. The van der Waals surface area contributed by atoms with Crippen LogP contribution in [0, 0.1) is 13.8 Å². The summed E-state index contributed by atoms with van der Waals surface area (Å²) in [6, 6.07) is 7.54. The molecule has 4 rings (SSSR count). The highest BCUT2D eigenvalue weighted by Gasteiger charge is 2.29. The molecule has 132 valence electrons. The Hall–Kier alpha value is -2.47. The number of aryl methyl sites for hydroxylation is 2. The lowest BCUT2D eigenvalue weighted by Gasteiger charge is -2.18. The van der Waals surface area contributed by atoms with Gasteiger partial charge in [-0.1, -0.05) is 0 Å². The van der Waals surface area contributed by atoms with Crippen LogP contribution in [0.3, 0.4) is 0 Å². The van der Waals surface area contributed by atoms with Crippen LogP contribution >= 0.6 is 15.9 Å². The number of anilines is 1. The zero-order chi connectivity index (χ0) is 18.6. The zero-order valence-corrected chi connectivity index (χ0v) is 16.4. The van der Waals surface area contributed by atoms with Crippen LogP contribution in [0.5, 0.6) is 0 Å². The normalized spacial score (nSPS) is 13.3. The highest BCUT2D eigenvalue weighted by atomic mass is 79.9. The molecule has 0 aliphatic carbocycles. The minimum atomic E-state index is -0.0678. The number of hydrogen-bond donors (Lipinski definition) is 0. The molecule has 0 spiro atoms. The van der Waals surface area contributed by atoms with Gasteiger partial charge in [-0.15, -0.1) is 0 Å². The molecule has 1 aliphatic rings. The number of ketones is 1. The van der Waals surface area contributed by atoms with Gasteiger partial charge in [-0.25, -0.2) is 4.98 Å². The van der Waals surface area contributed by atoms with Gasteiger partial charge in [0.05, 0.1) is 5.69 Å². The highest BCUT2D eigenvalue weighted by molar-refractivity contribution is 9.10. The van der Waals surface area contributed by atoms with Crippen molar-refractivity contribution in [1.29, 1.82) is 0 Å². The third-order valence-corrected chi connectivity index (χ3v) is 5.31. The number of carbonyl (C=O) groups is 2. The van der Waals surface area contributed by atoms with Crippen molar-refractivity contribution < 1.29 is 9.59 Å². The molecule has 0 saturated carbocycles. The van der Waals surface area contributed by atoms with Crippen molar-refractivity contribution in [1.82, 2.24) is 9.38 Å². The molecule has 1 aromatic carbocycles. The Morgan fingerprint density at radius 2 is 1.96 bits per heavy atom. The van der Waals surface area contributed by atoms with E-state index in [1.54, 1.807) is 17.9 Å². The summed E-state index contributed by atoms with van der Waals surface area (Å²) in [5, 5.41) is 0. The number of aromatic nitrogens is 2. The van der Waals surface area contributed by atoms with E-state index in [0.717, 1.165) is 33.4 Å². The van der Waals surface area contributed by atoms with Crippen LogP contribution in [0.25, 0.3) is 5.65 Å². The van der Waals surface area contributed by atoms with Gasteiger partial charge < -0.3 is 4.90 Å². The number of benzene rings is 1. The Morgan fingerprint density at radius 3 is 2.69 bits per heavy atom. The first kappa shape index (κ1) is 17.0. The number of hydrogen-bond acceptors (Lipinski definition) is 3. The van der Waals surface area contributed by atoms with E-state index in [9.17, 15) is 9.59 Å². The van der Waals surface area contributed by atoms with Gasteiger partial charge in [-0.2, -0.15) is 0 Å².